The molecule has 0 bridgehead atoms. The first-order chi connectivity index (χ1) is 6.02. The number of aliphatic hydroxyl groups excluding tert-OH is 3. The van der Waals surface area contributed by atoms with Gasteiger partial charge in [0, 0.05) is 4.92 Å². The smallest absolute Gasteiger partial charge is 0.232 e. The van der Waals surface area contributed by atoms with E-state index in [1.165, 1.54) is 0 Å². The van der Waals surface area contributed by atoms with E-state index in [-0.39, 0.29) is 6.61 Å². The third-order valence-electron chi connectivity index (χ3n) is 1.94. The molecular weight excluding hydrogens is 182 g/mol. The maximum atomic E-state index is 10.1. The van der Waals surface area contributed by atoms with Gasteiger partial charge in [-0.25, -0.2) is 0 Å². The van der Waals surface area contributed by atoms with Crippen LogP contribution in [0.1, 0.15) is 0 Å². The SMILES string of the molecule is O=[N+]([O-])C[C@@H]1OC[C@H](O)[C@H](O)[C@H]1O. The van der Waals surface area contributed by atoms with Gasteiger partial charge in [0.05, 0.1) is 6.61 Å². The number of aliphatic hydroxyl groups is 3. The summed E-state index contributed by atoms with van der Waals surface area (Å²) in [6.45, 7) is -0.776. The summed E-state index contributed by atoms with van der Waals surface area (Å²) in [6.07, 6.45) is -5.01. The molecule has 1 fully saturated rings. The van der Waals surface area contributed by atoms with Gasteiger partial charge < -0.3 is 20.1 Å². The molecule has 3 N–H and O–H groups in total. The normalized spacial score (nSPS) is 40.2. The van der Waals surface area contributed by atoms with Crippen molar-refractivity contribution in [3.63, 3.8) is 0 Å². The minimum atomic E-state index is -1.41. The lowest BCUT2D eigenvalue weighted by Gasteiger charge is -2.33. The van der Waals surface area contributed by atoms with Crippen molar-refractivity contribution in [3.8, 4) is 0 Å². The number of nitro groups is 1. The van der Waals surface area contributed by atoms with Gasteiger partial charge >= 0.3 is 0 Å². The van der Waals surface area contributed by atoms with E-state index in [2.05, 4.69) is 0 Å². The first kappa shape index (κ1) is 10.3. The minimum Gasteiger partial charge on any atom is -0.388 e. The molecule has 13 heavy (non-hydrogen) atoms. The highest BCUT2D eigenvalue weighted by molar-refractivity contribution is 4.86. The Bertz CT molecular complexity index is 198. The van der Waals surface area contributed by atoms with Gasteiger partial charge in [-0.1, -0.05) is 0 Å². The number of ether oxygens (including phenoxy) is 1. The van der Waals surface area contributed by atoms with Crippen LogP contribution < -0.4 is 0 Å². The Hall–Kier alpha value is -0.760. The van der Waals surface area contributed by atoms with Crippen LogP contribution in [-0.4, -0.2) is 57.8 Å². The summed E-state index contributed by atoms with van der Waals surface area (Å²) in [7, 11) is 0. The lowest BCUT2D eigenvalue weighted by Crippen LogP contribution is -2.54. The van der Waals surface area contributed by atoms with E-state index in [0.717, 1.165) is 0 Å². The molecule has 0 unspecified atom stereocenters. The Morgan fingerprint density at radius 1 is 1.38 bits per heavy atom. The first-order valence-electron chi connectivity index (χ1n) is 3.80. The molecule has 76 valence electrons. The third kappa shape index (κ3) is 2.34. The first-order valence-corrected chi connectivity index (χ1v) is 3.80. The van der Waals surface area contributed by atoms with E-state index in [9.17, 15) is 15.2 Å². The van der Waals surface area contributed by atoms with E-state index in [1.807, 2.05) is 0 Å². The van der Waals surface area contributed by atoms with Gasteiger partial charge in [-0.05, 0) is 0 Å². The van der Waals surface area contributed by atoms with Crippen LogP contribution in [0, 0.1) is 10.1 Å². The highest BCUT2D eigenvalue weighted by Gasteiger charge is 2.39. The molecule has 0 aromatic heterocycles. The van der Waals surface area contributed by atoms with Crippen molar-refractivity contribution >= 4 is 0 Å². The fourth-order valence-corrected chi connectivity index (χ4v) is 1.17. The summed E-state index contributed by atoms with van der Waals surface area (Å²) in [6, 6.07) is 0. The van der Waals surface area contributed by atoms with E-state index >= 15 is 0 Å². The number of rotatable bonds is 2. The second-order valence-corrected chi connectivity index (χ2v) is 2.94. The summed E-state index contributed by atoms with van der Waals surface area (Å²) in [5.74, 6) is 0. The summed E-state index contributed by atoms with van der Waals surface area (Å²) < 4.78 is 4.78. The third-order valence-corrected chi connectivity index (χ3v) is 1.94. The fourth-order valence-electron chi connectivity index (χ4n) is 1.17. The average Bonchev–Trinajstić information content (AvgIpc) is 2.06. The molecule has 1 heterocycles. The molecule has 1 rings (SSSR count). The number of hydrogen-bond donors (Lipinski definition) is 3. The predicted molar refractivity (Wildman–Crippen MR) is 39.6 cm³/mol. The van der Waals surface area contributed by atoms with Crippen LogP contribution in [0.4, 0.5) is 0 Å². The summed E-state index contributed by atoms with van der Waals surface area (Å²) >= 11 is 0. The molecule has 1 aliphatic rings. The molecule has 0 aromatic rings. The quantitative estimate of drug-likeness (QED) is 0.337. The molecule has 1 saturated heterocycles. The minimum absolute atomic E-state index is 0.198. The molecule has 0 radical (unpaired) electrons. The van der Waals surface area contributed by atoms with Gasteiger partial charge in [0.25, 0.3) is 0 Å². The Balaban J connectivity index is 2.53. The zero-order valence-corrected chi connectivity index (χ0v) is 6.74. The van der Waals surface area contributed by atoms with Crippen molar-refractivity contribution in [2.24, 2.45) is 0 Å². The monoisotopic (exact) mass is 193 g/mol. The molecule has 0 amide bonds. The summed E-state index contributed by atoms with van der Waals surface area (Å²) in [5.41, 5.74) is 0. The summed E-state index contributed by atoms with van der Waals surface area (Å²) in [5, 5.41) is 37.4. The van der Waals surface area contributed by atoms with Crippen LogP contribution in [-0.2, 0) is 4.74 Å². The second kappa shape index (κ2) is 3.97. The largest absolute Gasteiger partial charge is 0.388 e. The molecule has 0 spiro atoms. The highest BCUT2D eigenvalue weighted by atomic mass is 16.6. The van der Waals surface area contributed by atoms with Crippen LogP contribution in [0.25, 0.3) is 0 Å². The average molecular weight is 193 g/mol. The molecular formula is C6H11NO6. The van der Waals surface area contributed by atoms with Crippen molar-refractivity contribution < 1.29 is 25.0 Å². The maximum Gasteiger partial charge on any atom is 0.232 e. The number of hydrogen-bond acceptors (Lipinski definition) is 6. The molecule has 0 aliphatic carbocycles. The molecule has 0 aromatic carbocycles. The van der Waals surface area contributed by atoms with Gasteiger partial charge in [0.1, 0.15) is 18.3 Å². The highest BCUT2D eigenvalue weighted by Crippen LogP contribution is 2.15. The van der Waals surface area contributed by atoms with Gasteiger partial charge in [-0.3, -0.25) is 10.1 Å². The van der Waals surface area contributed by atoms with Crippen molar-refractivity contribution in [2.75, 3.05) is 13.2 Å². The van der Waals surface area contributed by atoms with Gasteiger partial charge in [0.15, 0.2) is 6.10 Å². The van der Waals surface area contributed by atoms with Gasteiger partial charge in [-0.2, -0.15) is 0 Å². The van der Waals surface area contributed by atoms with Gasteiger partial charge in [0.2, 0.25) is 6.54 Å². The zero-order chi connectivity index (χ0) is 10.0. The van der Waals surface area contributed by atoms with Crippen LogP contribution in [0.3, 0.4) is 0 Å². The maximum absolute atomic E-state index is 10.1. The van der Waals surface area contributed by atoms with E-state index < -0.39 is 35.9 Å². The Kier molecular flexibility index (Phi) is 3.15. The lowest BCUT2D eigenvalue weighted by molar-refractivity contribution is -0.497. The number of nitrogens with zero attached hydrogens (tertiary/aromatic N) is 1. The van der Waals surface area contributed by atoms with Crippen LogP contribution in [0.15, 0.2) is 0 Å². The van der Waals surface area contributed by atoms with E-state index in [0.29, 0.717) is 0 Å². The Morgan fingerprint density at radius 2 is 2.00 bits per heavy atom. The fraction of sp³-hybridized carbons (Fsp3) is 1.00. The van der Waals surface area contributed by atoms with E-state index in [1.54, 1.807) is 0 Å². The predicted octanol–water partition coefficient (Wildman–Crippen LogP) is -2.26. The van der Waals surface area contributed by atoms with Crippen LogP contribution in [0.5, 0.6) is 0 Å². The van der Waals surface area contributed by atoms with Gasteiger partial charge in [-0.15, -0.1) is 0 Å². The van der Waals surface area contributed by atoms with Crippen molar-refractivity contribution in [1.82, 2.24) is 0 Å². The van der Waals surface area contributed by atoms with E-state index in [4.69, 9.17) is 14.9 Å². The topological polar surface area (TPSA) is 113 Å². The van der Waals surface area contributed by atoms with Crippen molar-refractivity contribution in [3.05, 3.63) is 10.1 Å². The van der Waals surface area contributed by atoms with Crippen LogP contribution >= 0.6 is 0 Å². The Morgan fingerprint density at radius 3 is 2.54 bits per heavy atom. The zero-order valence-electron chi connectivity index (χ0n) is 6.74. The lowest BCUT2D eigenvalue weighted by atomic mass is 10.0. The molecule has 0 saturated carbocycles. The second-order valence-electron chi connectivity index (χ2n) is 2.94. The molecule has 1 aliphatic heterocycles. The van der Waals surface area contributed by atoms with Crippen molar-refractivity contribution in [1.29, 1.82) is 0 Å². The standard InChI is InChI=1S/C6H11NO6/c8-3-2-13-4(1-7(11)12)6(10)5(3)9/h3-6,8-10H,1-2H2/t3-,4-,5-,6-/m0/s1. The molecule has 7 nitrogen and oxygen atoms in total. The van der Waals surface area contributed by atoms with Crippen molar-refractivity contribution in [2.45, 2.75) is 24.4 Å². The Labute approximate surface area is 73.7 Å². The van der Waals surface area contributed by atoms with Crippen LogP contribution in [0.2, 0.25) is 0 Å². The molecule has 7 heteroatoms. The molecule has 4 atom stereocenters. The summed E-state index contributed by atoms with van der Waals surface area (Å²) in [4.78, 5) is 9.43.